The van der Waals surface area contributed by atoms with Crippen LogP contribution in [-0.4, -0.2) is 16.2 Å². The fraction of sp³-hybridized carbons (Fsp3) is 0.500. The summed E-state index contributed by atoms with van der Waals surface area (Å²) in [4.78, 5) is 21.5. The number of carboxylic acid groups (broad SMARTS) is 1. The SMILES string of the molecule is CC(C)Cc1o[nH]c(=O)c1C(=O)O. The van der Waals surface area contributed by atoms with Crippen LogP contribution in [0, 0.1) is 5.92 Å². The van der Waals surface area contributed by atoms with E-state index in [0.29, 0.717) is 6.42 Å². The van der Waals surface area contributed by atoms with Crippen molar-refractivity contribution in [1.82, 2.24) is 5.16 Å². The Labute approximate surface area is 74.3 Å². The summed E-state index contributed by atoms with van der Waals surface area (Å²) in [6, 6.07) is 0. The molecular weight excluding hydrogens is 174 g/mol. The first-order valence-electron chi connectivity index (χ1n) is 3.96. The van der Waals surface area contributed by atoms with Crippen LogP contribution in [0.5, 0.6) is 0 Å². The predicted molar refractivity (Wildman–Crippen MR) is 44.8 cm³/mol. The quantitative estimate of drug-likeness (QED) is 0.731. The molecular formula is C8H11NO4. The van der Waals surface area contributed by atoms with Crippen LogP contribution >= 0.6 is 0 Å². The number of carboxylic acids is 1. The molecule has 0 spiro atoms. The number of hydrogen-bond acceptors (Lipinski definition) is 3. The van der Waals surface area contributed by atoms with Crippen LogP contribution in [0.25, 0.3) is 0 Å². The first-order valence-corrected chi connectivity index (χ1v) is 3.96. The van der Waals surface area contributed by atoms with Gasteiger partial charge in [0.2, 0.25) is 0 Å². The van der Waals surface area contributed by atoms with E-state index < -0.39 is 11.5 Å². The van der Waals surface area contributed by atoms with Crippen LogP contribution in [0.4, 0.5) is 0 Å². The Hall–Kier alpha value is -1.52. The zero-order valence-corrected chi connectivity index (χ0v) is 7.46. The summed E-state index contributed by atoms with van der Waals surface area (Å²) < 4.78 is 4.75. The highest BCUT2D eigenvalue weighted by molar-refractivity contribution is 5.88. The number of hydrogen-bond donors (Lipinski definition) is 2. The van der Waals surface area contributed by atoms with Crippen LogP contribution in [0.1, 0.15) is 30.0 Å². The lowest BCUT2D eigenvalue weighted by atomic mass is 10.1. The Morgan fingerprint density at radius 1 is 1.62 bits per heavy atom. The van der Waals surface area contributed by atoms with E-state index in [-0.39, 0.29) is 17.2 Å². The number of aromatic nitrogens is 1. The number of carbonyl (C=O) groups is 1. The van der Waals surface area contributed by atoms with Crippen molar-refractivity contribution < 1.29 is 14.4 Å². The molecule has 0 saturated heterocycles. The lowest BCUT2D eigenvalue weighted by Crippen LogP contribution is -2.13. The number of aromatic amines is 1. The Morgan fingerprint density at radius 2 is 2.23 bits per heavy atom. The van der Waals surface area contributed by atoms with Crippen molar-refractivity contribution in [2.45, 2.75) is 20.3 Å². The molecule has 2 N–H and O–H groups in total. The van der Waals surface area contributed by atoms with E-state index in [1.165, 1.54) is 0 Å². The third-order valence-corrected chi connectivity index (χ3v) is 1.58. The minimum Gasteiger partial charge on any atom is -0.477 e. The van der Waals surface area contributed by atoms with Crippen molar-refractivity contribution in [3.05, 3.63) is 21.7 Å². The van der Waals surface area contributed by atoms with E-state index in [2.05, 4.69) is 0 Å². The lowest BCUT2D eigenvalue weighted by Gasteiger charge is -1.99. The van der Waals surface area contributed by atoms with Gasteiger partial charge < -0.3 is 9.63 Å². The standard InChI is InChI=1S/C8H11NO4/c1-4(2)3-5-6(8(11)12)7(10)9-13-5/h4H,3H2,1-2H3,(H,9,10)(H,11,12). The topological polar surface area (TPSA) is 83.3 Å². The molecule has 0 aliphatic rings. The molecule has 0 amide bonds. The molecule has 1 rings (SSSR count). The summed E-state index contributed by atoms with van der Waals surface area (Å²) >= 11 is 0. The van der Waals surface area contributed by atoms with Crippen LogP contribution in [0.15, 0.2) is 9.32 Å². The van der Waals surface area contributed by atoms with Gasteiger partial charge in [-0.2, -0.15) is 5.16 Å². The molecule has 0 radical (unpaired) electrons. The third-order valence-electron chi connectivity index (χ3n) is 1.58. The fourth-order valence-corrected chi connectivity index (χ4v) is 1.07. The summed E-state index contributed by atoms with van der Waals surface area (Å²) in [5, 5.41) is 10.7. The lowest BCUT2D eigenvalue weighted by molar-refractivity contribution is 0.0693. The van der Waals surface area contributed by atoms with E-state index in [9.17, 15) is 9.59 Å². The molecule has 0 aromatic carbocycles. The van der Waals surface area contributed by atoms with Crippen molar-refractivity contribution in [3.8, 4) is 0 Å². The van der Waals surface area contributed by atoms with E-state index in [0.717, 1.165) is 0 Å². The number of rotatable bonds is 3. The van der Waals surface area contributed by atoms with Crippen molar-refractivity contribution in [1.29, 1.82) is 0 Å². The molecule has 0 aliphatic heterocycles. The van der Waals surface area contributed by atoms with Crippen LogP contribution in [-0.2, 0) is 6.42 Å². The van der Waals surface area contributed by atoms with Gasteiger partial charge in [-0.1, -0.05) is 13.8 Å². The Morgan fingerprint density at radius 3 is 2.69 bits per heavy atom. The molecule has 0 atom stereocenters. The van der Waals surface area contributed by atoms with Gasteiger partial charge >= 0.3 is 5.97 Å². The molecule has 5 heteroatoms. The van der Waals surface area contributed by atoms with E-state index in [1.807, 2.05) is 19.0 Å². The average Bonchev–Trinajstić information content (AvgIpc) is 2.30. The molecule has 0 fully saturated rings. The number of nitrogens with one attached hydrogen (secondary N) is 1. The number of aromatic carboxylic acids is 1. The third kappa shape index (κ3) is 1.99. The molecule has 5 nitrogen and oxygen atoms in total. The van der Waals surface area contributed by atoms with Gasteiger partial charge in [0.25, 0.3) is 5.56 Å². The summed E-state index contributed by atoms with van der Waals surface area (Å²) in [6.45, 7) is 3.83. The van der Waals surface area contributed by atoms with Gasteiger partial charge in [0, 0.05) is 6.42 Å². The van der Waals surface area contributed by atoms with Gasteiger partial charge in [-0.3, -0.25) is 4.79 Å². The minimum absolute atomic E-state index is 0.215. The normalized spacial score (nSPS) is 10.7. The zero-order valence-electron chi connectivity index (χ0n) is 7.46. The van der Waals surface area contributed by atoms with Crippen molar-refractivity contribution in [2.75, 3.05) is 0 Å². The second-order valence-corrected chi connectivity index (χ2v) is 3.23. The smallest absolute Gasteiger partial charge is 0.345 e. The van der Waals surface area contributed by atoms with Crippen molar-refractivity contribution in [2.24, 2.45) is 5.92 Å². The van der Waals surface area contributed by atoms with Crippen LogP contribution in [0.3, 0.4) is 0 Å². The molecule has 1 aromatic rings. The highest BCUT2D eigenvalue weighted by atomic mass is 16.5. The largest absolute Gasteiger partial charge is 0.477 e. The summed E-state index contributed by atoms with van der Waals surface area (Å²) in [6.07, 6.45) is 0.445. The molecule has 0 unspecified atom stereocenters. The molecule has 0 saturated carbocycles. The maximum atomic E-state index is 10.9. The van der Waals surface area contributed by atoms with E-state index >= 15 is 0 Å². The molecule has 0 bridgehead atoms. The maximum Gasteiger partial charge on any atom is 0.345 e. The second-order valence-electron chi connectivity index (χ2n) is 3.23. The Bertz CT molecular complexity index is 360. The summed E-state index contributed by atoms with van der Waals surface area (Å²) in [5.41, 5.74) is -0.961. The van der Waals surface area contributed by atoms with Gasteiger partial charge in [-0.25, -0.2) is 4.79 Å². The van der Waals surface area contributed by atoms with Gasteiger partial charge in [-0.15, -0.1) is 0 Å². The monoisotopic (exact) mass is 185 g/mol. The zero-order chi connectivity index (χ0) is 10.0. The highest BCUT2D eigenvalue weighted by Gasteiger charge is 2.19. The van der Waals surface area contributed by atoms with Crippen LogP contribution in [0.2, 0.25) is 0 Å². The molecule has 13 heavy (non-hydrogen) atoms. The van der Waals surface area contributed by atoms with Gasteiger partial charge in [0.15, 0.2) is 11.3 Å². The summed E-state index contributed by atoms with van der Waals surface area (Å²) in [5.74, 6) is -0.782. The minimum atomic E-state index is -1.24. The van der Waals surface area contributed by atoms with Gasteiger partial charge in [0.1, 0.15) is 0 Å². The average molecular weight is 185 g/mol. The fourth-order valence-electron chi connectivity index (χ4n) is 1.07. The van der Waals surface area contributed by atoms with Crippen molar-refractivity contribution >= 4 is 5.97 Å². The van der Waals surface area contributed by atoms with Gasteiger partial charge in [-0.05, 0) is 5.92 Å². The Balaban J connectivity index is 3.08. The molecule has 0 aliphatic carbocycles. The van der Waals surface area contributed by atoms with Crippen molar-refractivity contribution in [3.63, 3.8) is 0 Å². The van der Waals surface area contributed by atoms with E-state index in [1.54, 1.807) is 0 Å². The Kier molecular flexibility index (Phi) is 2.55. The predicted octanol–water partition coefficient (Wildman–Crippen LogP) is 0.865. The molecule has 72 valence electrons. The first kappa shape index (κ1) is 9.57. The maximum absolute atomic E-state index is 10.9. The summed E-state index contributed by atoms with van der Waals surface area (Å²) in [7, 11) is 0. The first-order chi connectivity index (χ1) is 6.02. The number of H-pyrrole nitrogens is 1. The molecule has 1 heterocycles. The molecule has 1 aromatic heterocycles. The van der Waals surface area contributed by atoms with Gasteiger partial charge in [0.05, 0.1) is 0 Å². The second kappa shape index (κ2) is 3.47. The van der Waals surface area contributed by atoms with Crippen LogP contribution < -0.4 is 5.56 Å². The highest BCUT2D eigenvalue weighted by Crippen LogP contribution is 2.09. The van der Waals surface area contributed by atoms with E-state index in [4.69, 9.17) is 9.63 Å².